The van der Waals surface area contributed by atoms with Crippen LogP contribution in [0, 0.1) is 5.41 Å². The maximum absolute atomic E-state index is 6.28. The Kier molecular flexibility index (Phi) is 7.72. The van der Waals surface area contributed by atoms with Crippen molar-refractivity contribution in [1.29, 1.82) is 0 Å². The maximum Gasteiger partial charge on any atom is 0.163 e. The van der Waals surface area contributed by atoms with E-state index >= 15 is 0 Å². The number of pyridine rings is 1. The molecule has 4 heterocycles. The van der Waals surface area contributed by atoms with Crippen LogP contribution in [0.5, 0.6) is 11.5 Å². The Labute approximate surface area is 232 Å². The van der Waals surface area contributed by atoms with Gasteiger partial charge in [0.2, 0.25) is 0 Å². The summed E-state index contributed by atoms with van der Waals surface area (Å²) in [5.74, 6) is 3.30. The van der Waals surface area contributed by atoms with Crippen molar-refractivity contribution in [3.8, 4) is 23.0 Å². The number of hydrogen-bond donors (Lipinski definition) is 1. The first-order valence-corrected chi connectivity index (χ1v) is 15.0. The van der Waals surface area contributed by atoms with E-state index in [4.69, 9.17) is 18.9 Å². The van der Waals surface area contributed by atoms with E-state index < -0.39 is 0 Å². The SMILES string of the molecule is CCc1ccc(-c2cc(NC3CCC34CCN(C)CC4)c3cc(OC)c(OCCCN4CCCC4)cc3n2)o1. The van der Waals surface area contributed by atoms with Crippen LogP contribution in [0.1, 0.15) is 57.6 Å². The summed E-state index contributed by atoms with van der Waals surface area (Å²) < 4.78 is 18.2. The minimum Gasteiger partial charge on any atom is -0.493 e. The summed E-state index contributed by atoms with van der Waals surface area (Å²) >= 11 is 0. The lowest BCUT2D eigenvalue weighted by Gasteiger charge is -2.54. The smallest absolute Gasteiger partial charge is 0.163 e. The highest BCUT2D eigenvalue weighted by atomic mass is 16.5. The van der Waals surface area contributed by atoms with Crippen molar-refractivity contribution < 1.29 is 13.9 Å². The highest BCUT2D eigenvalue weighted by Gasteiger charge is 2.47. The average Bonchev–Trinajstić information content (AvgIpc) is 3.66. The Bertz CT molecular complexity index is 1270. The lowest BCUT2D eigenvalue weighted by molar-refractivity contribution is 0.0275. The minimum atomic E-state index is 0.394. The predicted octanol–water partition coefficient (Wildman–Crippen LogP) is 6.22. The van der Waals surface area contributed by atoms with Gasteiger partial charge < -0.3 is 29.0 Å². The number of benzene rings is 1. The molecule has 0 amide bonds. The maximum atomic E-state index is 6.28. The summed E-state index contributed by atoms with van der Waals surface area (Å²) in [6.07, 6.45) is 9.54. The molecule has 1 aliphatic carbocycles. The summed E-state index contributed by atoms with van der Waals surface area (Å²) in [6, 6.07) is 10.9. The molecule has 3 fully saturated rings. The average molecular weight is 533 g/mol. The lowest BCUT2D eigenvalue weighted by Crippen LogP contribution is -2.54. The predicted molar refractivity (Wildman–Crippen MR) is 157 cm³/mol. The Balaban J connectivity index is 1.30. The molecule has 2 aliphatic heterocycles. The van der Waals surface area contributed by atoms with Crippen LogP contribution in [0.4, 0.5) is 5.69 Å². The van der Waals surface area contributed by atoms with Gasteiger partial charge in [-0.2, -0.15) is 0 Å². The van der Waals surface area contributed by atoms with Gasteiger partial charge in [0.05, 0.1) is 19.2 Å². The van der Waals surface area contributed by atoms with Crippen LogP contribution in [-0.2, 0) is 6.42 Å². The van der Waals surface area contributed by atoms with Crippen molar-refractivity contribution in [2.75, 3.05) is 58.8 Å². The summed E-state index contributed by atoms with van der Waals surface area (Å²) in [6.45, 7) is 8.66. The third kappa shape index (κ3) is 5.48. The van der Waals surface area contributed by atoms with Crippen LogP contribution >= 0.6 is 0 Å². The Morgan fingerprint density at radius 2 is 1.87 bits per heavy atom. The van der Waals surface area contributed by atoms with E-state index in [1.807, 2.05) is 6.07 Å². The molecule has 2 saturated heterocycles. The number of anilines is 1. The van der Waals surface area contributed by atoms with Gasteiger partial charge in [0.1, 0.15) is 11.5 Å². The topological polar surface area (TPSA) is 63.0 Å². The fourth-order valence-electron chi connectivity index (χ4n) is 6.71. The molecule has 6 rings (SSSR count). The highest BCUT2D eigenvalue weighted by Crippen LogP contribution is 2.51. The molecular weight excluding hydrogens is 488 g/mol. The molecule has 1 atom stereocenters. The molecule has 1 aromatic carbocycles. The number of nitrogens with zero attached hydrogens (tertiary/aromatic N) is 3. The van der Waals surface area contributed by atoms with Crippen molar-refractivity contribution in [2.45, 2.75) is 64.3 Å². The van der Waals surface area contributed by atoms with Crippen LogP contribution in [0.25, 0.3) is 22.4 Å². The van der Waals surface area contributed by atoms with Crippen molar-refractivity contribution in [2.24, 2.45) is 5.41 Å². The Morgan fingerprint density at radius 1 is 1.05 bits per heavy atom. The van der Waals surface area contributed by atoms with Crippen LogP contribution in [0.15, 0.2) is 34.7 Å². The van der Waals surface area contributed by atoms with Gasteiger partial charge in [0.15, 0.2) is 17.3 Å². The van der Waals surface area contributed by atoms with Gasteiger partial charge in [-0.15, -0.1) is 0 Å². The van der Waals surface area contributed by atoms with Crippen molar-refractivity contribution in [3.05, 3.63) is 36.1 Å². The lowest BCUT2D eigenvalue weighted by atomic mass is 9.59. The molecule has 7 nitrogen and oxygen atoms in total. The zero-order valence-corrected chi connectivity index (χ0v) is 23.9. The fraction of sp³-hybridized carbons (Fsp3) is 0.594. The number of likely N-dealkylation sites (tertiary alicyclic amines) is 2. The van der Waals surface area contributed by atoms with Gasteiger partial charge in [-0.1, -0.05) is 6.92 Å². The van der Waals surface area contributed by atoms with E-state index in [9.17, 15) is 0 Å². The number of nitrogens with one attached hydrogen (secondary N) is 1. The van der Waals surface area contributed by atoms with Gasteiger partial charge >= 0.3 is 0 Å². The molecule has 1 saturated carbocycles. The second kappa shape index (κ2) is 11.4. The molecule has 1 unspecified atom stereocenters. The quantitative estimate of drug-likeness (QED) is 0.311. The first-order valence-electron chi connectivity index (χ1n) is 15.0. The summed E-state index contributed by atoms with van der Waals surface area (Å²) in [7, 11) is 3.96. The Morgan fingerprint density at radius 3 is 2.56 bits per heavy atom. The van der Waals surface area contributed by atoms with Gasteiger partial charge in [-0.25, -0.2) is 4.98 Å². The molecule has 3 aromatic rings. The molecule has 1 N–H and O–H groups in total. The summed E-state index contributed by atoms with van der Waals surface area (Å²) in [5, 5.41) is 5.05. The number of furan rings is 1. The molecule has 39 heavy (non-hydrogen) atoms. The standard InChI is InChI=1S/C32H44N4O3/c1-4-23-8-9-28(39-23)27-21-25(34-31-10-11-32(31)12-17-35(2)18-13-32)24-20-29(37-3)30(22-26(24)33-27)38-19-7-16-36-14-5-6-15-36/h8-9,20-22,31H,4-7,10-19H2,1-3H3,(H,33,34). The fourth-order valence-corrected chi connectivity index (χ4v) is 6.71. The number of methoxy groups -OCH3 is 1. The molecule has 0 bridgehead atoms. The third-order valence-electron chi connectivity index (χ3n) is 9.41. The van der Waals surface area contributed by atoms with E-state index in [0.717, 1.165) is 64.7 Å². The van der Waals surface area contributed by atoms with Crippen LogP contribution in [-0.4, -0.2) is 74.3 Å². The molecule has 2 aromatic heterocycles. The van der Waals surface area contributed by atoms with Gasteiger partial charge in [0.25, 0.3) is 0 Å². The second-order valence-corrected chi connectivity index (χ2v) is 11.8. The monoisotopic (exact) mass is 532 g/mol. The van der Waals surface area contributed by atoms with E-state index in [1.165, 1.54) is 64.7 Å². The minimum absolute atomic E-state index is 0.394. The van der Waals surface area contributed by atoms with E-state index in [2.05, 4.69) is 53.4 Å². The van der Waals surface area contributed by atoms with E-state index in [-0.39, 0.29) is 0 Å². The second-order valence-electron chi connectivity index (χ2n) is 11.8. The zero-order valence-electron chi connectivity index (χ0n) is 23.9. The van der Waals surface area contributed by atoms with Crippen LogP contribution < -0.4 is 14.8 Å². The largest absolute Gasteiger partial charge is 0.493 e. The number of aryl methyl sites for hydroxylation is 1. The third-order valence-corrected chi connectivity index (χ3v) is 9.41. The number of fused-ring (bicyclic) bond motifs is 1. The molecule has 7 heteroatoms. The van der Waals surface area contributed by atoms with Crippen molar-refractivity contribution in [1.82, 2.24) is 14.8 Å². The number of rotatable bonds is 10. The number of hydrogen-bond acceptors (Lipinski definition) is 7. The summed E-state index contributed by atoms with van der Waals surface area (Å²) in [4.78, 5) is 10.0. The number of aromatic nitrogens is 1. The Hall–Kier alpha value is -2.77. The first kappa shape index (κ1) is 26.5. The van der Waals surface area contributed by atoms with Gasteiger partial charge in [-0.3, -0.25) is 0 Å². The molecule has 0 radical (unpaired) electrons. The molecular formula is C32H44N4O3. The van der Waals surface area contributed by atoms with Crippen molar-refractivity contribution in [3.63, 3.8) is 0 Å². The van der Waals surface area contributed by atoms with E-state index in [1.54, 1.807) is 7.11 Å². The number of piperidine rings is 1. The van der Waals surface area contributed by atoms with E-state index in [0.29, 0.717) is 18.1 Å². The van der Waals surface area contributed by atoms with Gasteiger partial charge in [-0.05, 0) is 108 Å². The van der Waals surface area contributed by atoms with Crippen LogP contribution in [0.2, 0.25) is 0 Å². The summed E-state index contributed by atoms with van der Waals surface area (Å²) in [5.41, 5.74) is 3.25. The van der Waals surface area contributed by atoms with Crippen molar-refractivity contribution >= 4 is 16.6 Å². The molecule has 1 spiro atoms. The van der Waals surface area contributed by atoms with Gasteiger partial charge in [0, 0.05) is 36.1 Å². The molecule has 210 valence electrons. The number of ether oxygens (including phenoxy) is 2. The molecule has 3 aliphatic rings. The normalized spacial score (nSPS) is 21.4. The highest BCUT2D eigenvalue weighted by molar-refractivity contribution is 5.96. The van der Waals surface area contributed by atoms with Crippen LogP contribution in [0.3, 0.4) is 0 Å². The zero-order chi connectivity index (χ0) is 26.8. The first-order chi connectivity index (χ1) is 19.1.